The van der Waals surface area contributed by atoms with Gasteiger partial charge in [-0.1, -0.05) is 18.2 Å². The van der Waals surface area contributed by atoms with Crippen LogP contribution in [-0.2, 0) is 11.3 Å². The summed E-state index contributed by atoms with van der Waals surface area (Å²) in [7, 11) is 0. The maximum absolute atomic E-state index is 13.3. The van der Waals surface area contributed by atoms with Crippen LogP contribution in [0.1, 0.15) is 23.0 Å². The molecule has 1 aliphatic rings. The summed E-state index contributed by atoms with van der Waals surface area (Å²) in [5.74, 6) is 0.0702. The molecule has 1 aromatic carbocycles. The Morgan fingerprint density at radius 2 is 2.08 bits per heavy atom. The quantitative estimate of drug-likeness (QED) is 0.783. The number of aryl methyl sites for hydroxylation is 2. The predicted octanol–water partition coefficient (Wildman–Crippen LogP) is 2.96. The number of amides is 2. The van der Waals surface area contributed by atoms with Crippen LogP contribution >= 0.6 is 0 Å². The molecule has 1 N–H and O–H groups in total. The summed E-state index contributed by atoms with van der Waals surface area (Å²) in [5.41, 5.74) is 3.05. The van der Waals surface area contributed by atoms with Crippen LogP contribution in [0.3, 0.4) is 0 Å². The van der Waals surface area contributed by atoms with Crippen LogP contribution in [0, 0.1) is 6.92 Å². The molecule has 0 saturated carbocycles. The number of anilines is 2. The van der Waals surface area contributed by atoms with Gasteiger partial charge in [0.15, 0.2) is 5.82 Å². The standard InChI is InChI=1S/C19H18N4O2/c1-3-22-14-7-5-4-6-13(14)10-15(22)19(25)23-11-16(24)21-17-12(2)8-9-20-18(17)23/h4-10H,3,11H2,1-2H3,(H,21,24). The van der Waals surface area contributed by atoms with E-state index in [2.05, 4.69) is 10.3 Å². The van der Waals surface area contributed by atoms with Crippen molar-refractivity contribution in [2.24, 2.45) is 0 Å². The number of hydrogen-bond donors (Lipinski definition) is 1. The summed E-state index contributed by atoms with van der Waals surface area (Å²) in [5, 5.41) is 3.82. The Morgan fingerprint density at radius 3 is 2.88 bits per heavy atom. The first-order valence-corrected chi connectivity index (χ1v) is 8.25. The minimum Gasteiger partial charge on any atom is -0.337 e. The molecule has 0 fully saturated rings. The summed E-state index contributed by atoms with van der Waals surface area (Å²) in [6.45, 7) is 4.52. The zero-order chi connectivity index (χ0) is 17.6. The number of para-hydroxylation sites is 1. The lowest BCUT2D eigenvalue weighted by atomic mass is 10.1. The van der Waals surface area contributed by atoms with Crippen molar-refractivity contribution in [1.29, 1.82) is 0 Å². The number of aromatic nitrogens is 2. The molecule has 2 aromatic heterocycles. The third kappa shape index (κ3) is 2.38. The monoisotopic (exact) mass is 334 g/mol. The molecule has 4 rings (SSSR count). The van der Waals surface area contributed by atoms with Gasteiger partial charge in [0.2, 0.25) is 5.91 Å². The molecule has 0 aliphatic carbocycles. The van der Waals surface area contributed by atoms with E-state index in [4.69, 9.17) is 0 Å². The number of carbonyl (C=O) groups excluding carboxylic acids is 2. The van der Waals surface area contributed by atoms with Gasteiger partial charge in [0, 0.05) is 23.6 Å². The third-order valence-corrected chi connectivity index (χ3v) is 4.55. The van der Waals surface area contributed by atoms with E-state index in [1.54, 1.807) is 6.20 Å². The second-order valence-electron chi connectivity index (χ2n) is 6.10. The number of nitrogens with one attached hydrogen (secondary N) is 1. The Bertz CT molecular complexity index is 1010. The number of hydrogen-bond acceptors (Lipinski definition) is 3. The second-order valence-corrected chi connectivity index (χ2v) is 6.10. The van der Waals surface area contributed by atoms with E-state index >= 15 is 0 Å². The molecule has 3 aromatic rings. The van der Waals surface area contributed by atoms with Crippen molar-refractivity contribution in [1.82, 2.24) is 9.55 Å². The van der Waals surface area contributed by atoms with Crippen molar-refractivity contribution in [3.8, 4) is 0 Å². The van der Waals surface area contributed by atoms with Gasteiger partial charge >= 0.3 is 0 Å². The number of pyridine rings is 1. The molecule has 3 heterocycles. The van der Waals surface area contributed by atoms with E-state index in [1.807, 2.05) is 54.8 Å². The number of fused-ring (bicyclic) bond motifs is 2. The van der Waals surface area contributed by atoms with Gasteiger partial charge < -0.3 is 9.88 Å². The number of carbonyl (C=O) groups is 2. The van der Waals surface area contributed by atoms with E-state index < -0.39 is 0 Å². The molecule has 6 heteroatoms. The number of rotatable bonds is 2. The molecule has 0 unspecified atom stereocenters. The van der Waals surface area contributed by atoms with E-state index in [9.17, 15) is 9.59 Å². The van der Waals surface area contributed by atoms with Crippen LogP contribution in [0.5, 0.6) is 0 Å². The van der Waals surface area contributed by atoms with Crippen molar-refractivity contribution >= 4 is 34.2 Å². The highest BCUT2D eigenvalue weighted by Crippen LogP contribution is 2.31. The number of benzene rings is 1. The van der Waals surface area contributed by atoms with Gasteiger partial charge in [0.05, 0.1) is 5.69 Å². The van der Waals surface area contributed by atoms with Crippen LogP contribution in [0.25, 0.3) is 10.9 Å². The molecule has 126 valence electrons. The second kappa shape index (κ2) is 5.73. The molecular weight excluding hydrogens is 316 g/mol. The Kier molecular flexibility index (Phi) is 3.53. The van der Waals surface area contributed by atoms with E-state index in [-0.39, 0.29) is 18.4 Å². The lowest BCUT2D eigenvalue weighted by molar-refractivity contribution is -0.115. The van der Waals surface area contributed by atoms with Gasteiger partial charge in [-0.25, -0.2) is 4.98 Å². The smallest absolute Gasteiger partial charge is 0.276 e. The fraction of sp³-hybridized carbons (Fsp3) is 0.211. The Morgan fingerprint density at radius 1 is 1.28 bits per heavy atom. The van der Waals surface area contributed by atoms with Crippen LogP contribution in [0.15, 0.2) is 42.6 Å². The molecule has 0 radical (unpaired) electrons. The molecule has 1 aliphatic heterocycles. The van der Waals surface area contributed by atoms with E-state index in [1.165, 1.54) is 4.90 Å². The lowest BCUT2D eigenvalue weighted by Gasteiger charge is -2.29. The van der Waals surface area contributed by atoms with E-state index in [0.29, 0.717) is 23.7 Å². The van der Waals surface area contributed by atoms with Gasteiger partial charge in [-0.3, -0.25) is 14.5 Å². The molecule has 0 spiro atoms. The Hall–Kier alpha value is -3.15. The van der Waals surface area contributed by atoms with Crippen molar-refractivity contribution in [3.63, 3.8) is 0 Å². The molecule has 0 saturated heterocycles. The molecule has 25 heavy (non-hydrogen) atoms. The summed E-state index contributed by atoms with van der Waals surface area (Å²) in [6.07, 6.45) is 1.65. The first kappa shape index (κ1) is 15.4. The summed E-state index contributed by atoms with van der Waals surface area (Å²) in [4.78, 5) is 31.2. The fourth-order valence-electron chi connectivity index (χ4n) is 3.33. The van der Waals surface area contributed by atoms with Crippen molar-refractivity contribution in [2.45, 2.75) is 20.4 Å². The fourth-order valence-corrected chi connectivity index (χ4v) is 3.33. The first-order chi connectivity index (χ1) is 12.1. The van der Waals surface area contributed by atoms with Crippen molar-refractivity contribution in [3.05, 3.63) is 53.9 Å². The van der Waals surface area contributed by atoms with Crippen molar-refractivity contribution in [2.75, 3.05) is 16.8 Å². The van der Waals surface area contributed by atoms with E-state index in [0.717, 1.165) is 16.5 Å². The van der Waals surface area contributed by atoms with Crippen molar-refractivity contribution < 1.29 is 9.59 Å². The highest BCUT2D eigenvalue weighted by atomic mass is 16.2. The lowest BCUT2D eigenvalue weighted by Crippen LogP contribution is -2.43. The highest BCUT2D eigenvalue weighted by Gasteiger charge is 2.31. The van der Waals surface area contributed by atoms with Crippen LogP contribution in [0.4, 0.5) is 11.5 Å². The van der Waals surface area contributed by atoms with Crippen LogP contribution in [0.2, 0.25) is 0 Å². The SMILES string of the molecule is CCn1c(C(=O)N2CC(=O)Nc3c(C)ccnc32)cc2ccccc21. The zero-order valence-corrected chi connectivity index (χ0v) is 14.1. The minimum absolute atomic E-state index is 0.0342. The predicted molar refractivity (Wildman–Crippen MR) is 96.9 cm³/mol. The normalized spacial score (nSPS) is 13.7. The number of nitrogens with zero attached hydrogens (tertiary/aromatic N) is 3. The van der Waals surface area contributed by atoms with Crippen LogP contribution < -0.4 is 10.2 Å². The average Bonchev–Trinajstić information content (AvgIpc) is 3.00. The summed E-state index contributed by atoms with van der Waals surface area (Å²) >= 11 is 0. The summed E-state index contributed by atoms with van der Waals surface area (Å²) in [6, 6.07) is 11.6. The zero-order valence-electron chi connectivity index (χ0n) is 14.1. The third-order valence-electron chi connectivity index (χ3n) is 4.55. The Balaban J connectivity index is 1.85. The largest absolute Gasteiger partial charge is 0.337 e. The Labute approximate surface area is 145 Å². The maximum Gasteiger partial charge on any atom is 0.276 e. The molecule has 2 amide bonds. The topological polar surface area (TPSA) is 67.2 Å². The van der Waals surface area contributed by atoms with Gasteiger partial charge in [-0.05, 0) is 37.6 Å². The molecule has 0 atom stereocenters. The molecule has 0 bridgehead atoms. The van der Waals surface area contributed by atoms with Gasteiger partial charge in [0.25, 0.3) is 5.91 Å². The van der Waals surface area contributed by atoms with Gasteiger partial charge in [0.1, 0.15) is 12.2 Å². The minimum atomic E-state index is -0.216. The first-order valence-electron chi connectivity index (χ1n) is 8.25. The average molecular weight is 334 g/mol. The van der Waals surface area contributed by atoms with Crippen LogP contribution in [-0.4, -0.2) is 27.9 Å². The van der Waals surface area contributed by atoms with Gasteiger partial charge in [-0.2, -0.15) is 0 Å². The highest BCUT2D eigenvalue weighted by molar-refractivity contribution is 6.15. The maximum atomic E-state index is 13.3. The molecular formula is C19H18N4O2. The summed E-state index contributed by atoms with van der Waals surface area (Å²) < 4.78 is 1.97. The van der Waals surface area contributed by atoms with Gasteiger partial charge in [-0.15, -0.1) is 0 Å². The molecule has 6 nitrogen and oxygen atoms in total.